The van der Waals surface area contributed by atoms with Gasteiger partial charge in [-0.1, -0.05) is 18.2 Å². The maximum Gasteiger partial charge on any atom is 0.220 e. The molecule has 2 aliphatic rings. The summed E-state index contributed by atoms with van der Waals surface area (Å²) in [6, 6.07) is 12.1. The summed E-state index contributed by atoms with van der Waals surface area (Å²) in [5.74, 6) is 2.27. The topological polar surface area (TPSA) is 54.7 Å². The zero-order valence-corrected chi connectivity index (χ0v) is 15.2. The smallest absolute Gasteiger partial charge is 0.220 e. The maximum atomic E-state index is 12.0. The molecule has 1 fully saturated rings. The van der Waals surface area contributed by atoms with Gasteiger partial charge in [-0.3, -0.25) is 9.69 Å². The average molecular weight is 354 g/mol. The Balaban J connectivity index is 1.48. The van der Waals surface area contributed by atoms with Gasteiger partial charge in [-0.05, 0) is 43.0 Å². The molecule has 1 N–H and O–H groups in total. The first-order valence-electron chi connectivity index (χ1n) is 9.41. The van der Waals surface area contributed by atoms with Gasteiger partial charge in [-0.15, -0.1) is 0 Å². The first-order valence-corrected chi connectivity index (χ1v) is 9.41. The number of carbonyl (C=O) groups excluding carboxylic acids is 1. The average Bonchev–Trinajstić information content (AvgIpc) is 3.17. The number of amides is 1. The number of ether oxygens (including phenoxy) is 1. The van der Waals surface area contributed by atoms with Crippen LogP contribution in [-0.2, 0) is 11.3 Å². The molecule has 2 aliphatic heterocycles. The second-order valence-electron chi connectivity index (χ2n) is 7.46. The highest BCUT2D eigenvalue weighted by Gasteiger charge is 2.43. The number of nitrogens with one attached hydrogen (secondary N) is 1. The maximum absolute atomic E-state index is 12.0. The number of hydrogen-bond acceptors (Lipinski definition) is 4. The summed E-state index contributed by atoms with van der Waals surface area (Å²) in [6.45, 7) is 2.81. The Morgan fingerprint density at radius 2 is 2.04 bits per heavy atom. The van der Waals surface area contributed by atoms with Gasteiger partial charge in [-0.2, -0.15) is 0 Å². The van der Waals surface area contributed by atoms with E-state index in [1.807, 2.05) is 30.3 Å². The lowest BCUT2D eigenvalue weighted by Crippen LogP contribution is -2.50. The number of para-hydroxylation sites is 1. The van der Waals surface area contributed by atoms with Crippen LogP contribution < -0.4 is 10.1 Å². The fourth-order valence-corrected chi connectivity index (χ4v) is 4.30. The molecule has 0 aliphatic carbocycles. The number of fused-ring (bicyclic) bond motifs is 1. The minimum atomic E-state index is -0.160. The first kappa shape index (κ1) is 17.2. The Hall–Kier alpha value is -2.27. The van der Waals surface area contributed by atoms with Crippen molar-refractivity contribution in [1.29, 1.82) is 0 Å². The normalized spacial score (nSPS) is 21.8. The van der Waals surface area contributed by atoms with Crippen molar-refractivity contribution in [1.82, 2.24) is 10.2 Å². The van der Waals surface area contributed by atoms with E-state index in [1.165, 1.54) is 5.56 Å². The van der Waals surface area contributed by atoms with E-state index >= 15 is 0 Å². The number of carbonyl (C=O) groups is 1. The molecule has 2 aromatic rings. The van der Waals surface area contributed by atoms with Gasteiger partial charge >= 0.3 is 0 Å². The van der Waals surface area contributed by atoms with E-state index in [0.717, 1.165) is 50.4 Å². The molecule has 1 aromatic heterocycles. The number of hydrogen-bond donors (Lipinski definition) is 1. The molecular weight excluding hydrogens is 328 g/mol. The predicted octanol–water partition coefficient (Wildman–Crippen LogP) is 3.32. The molecular formula is C21H26N2O3. The lowest BCUT2D eigenvalue weighted by atomic mass is 9.76. The second kappa shape index (κ2) is 7.16. The van der Waals surface area contributed by atoms with Crippen molar-refractivity contribution < 1.29 is 13.9 Å². The summed E-state index contributed by atoms with van der Waals surface area (Å²) in [4.78, 5) is 14.4. The Morgan fingerprint density at radius 1 is 1.23 bits per heavy atom. The summed E-state index contributed by atoms with van der Waals surface area (Å²) < 4.78 is 12.0. The molecule has 1 spiro atoms. The standard InChI is InChI=1S/C21H26N2O3/c1-22-20(24)13-16-14-21(26-19-7-3-2-6-18(16)19)8-10-23(11-9-21)15-17-5-4-12-25-17/h2-7,12,16H,8-11,13-15H2,1H3,(H,22,24)/t16-/m1/s1. The molecule has 5 heteroatoms. The molecule has 0 radical (unpaired) electrons. The summed E-state index contributed by atoms with van der Waals surface area (Å²) in [5.41, 5.74) is 1.01. The van der Waals surface area contributed by atoms with Crippen LogP contribution in [0.4, 0.5) is 0 Å². The second-order valence-corrected chi connectivity index (χ2v) is 7.46. The van der Waals surface area contributed by atoms with Crippen LogP contribution in [0, 0.1) is 0 Å². The van der Waals surface area contributed by atoms with E-state index in [-0.39, 0.29) is 17.4 Å². The molecule has 1 saturated heterocycles. The van der Waals surface area contributed by atoms with Crippen LogP contribution in [0.3, 0.4) is 0 Å². The molecule has 4 rings (SSSR count). The highest BCUT2D eigenvalue weighted by atomic mass is 16.5. The number of likely N-dealkylation sites (tertiary alicyclic amines) is 1. The molecule has 138 valence electrons. The van der Waals surface area contributed by atoms with Crippen LogP contribution in [0.25, 0.3) is 0 Å². The summed E-state index contributed by atoms with van der Waals surface area (Å²) in [7, 11) is 1.70. The third kappa shape index (κ3) is 3.49. The summed E-state index contributed by atoms with van der Waals surface area (Å²) in [5, 5.41) is 2.77. The lowest BCUT2D eigenvalue weighted by molar-refractivity contribution is -0.121. The van der Waals surface area contributed by atoms with E-state index in [0.29, 0.717) is 6.42 Å². The zero-order valence-electron chi connectivity index (χ0n) is 15.2. The van der Waals surface area contributed by atoms with Crippen LogP contribution in [-0.4, -0.2) is 36.5 Å². The van der Waals surface area contributed by atoms with Gasteiger partial charge in [-0.25, -0.2) is 0 Å². The van der Waals surface area contributed by atoms with Gasteiger partial charge in [0.05, 0.1) is 12.8 Å². The summed E-state index contributed by atoms with van der Waals surface area (Å²) in [6.07, 6.45) is 5.12. The van der Waals surface area contributed by atoms with Crippen LogP contribution in [0.1, 0.15) is 42.9 Å². The van der Waals surface area contributed by atoms with Crippen molar-refractivity contribution in [2.24, 2.45) is 0 Å². The van der Waals surface area contributed by atoms with Crippen molar-refractivity contribution in [2.75, 3.05) is 20.1 Å². The minimum Gasteiger partial charge on any atom is -0.487 e. The molecule has 3 heterocycles. The fourth-order valence-electron chi connectivity index (χ4n) is 4.30. The van der Waals surface area contributed by atoms with E-state index in [4.69, 9.17) is 9.15 Å². The highest BCUT2D eigenvalue weighted by Crippen LogP contribution is 2.46. The monoisotopic (exact) mass is 354 g/mol. The first-order chi connectivity index (χ1) is 12.7. The van der Waals surface area contributed by atoms with E-state index in [1.54, 1.807) is 13.3 Å². The Morgan fingerprint density at radius 3 is 2.77 bits per heavy atom. The number of nitrogens with zero attached hydrogens (tertiary/aromatic N) is 1. The predicted molar refractivity (Wildman–Crippen MR) is 99.1 cm³/mol. The molecule has 5 nitrogen and oxygen atoms in total. The van der Waals surface area contributed by atoms with Crippen molar-refractivity contribution in [3.63, 3.8) is 0 Å². The molecule has 0 unspecified atom stereocenters. The molecule has 1 atom stereocenters. The van der Waals surface area contributed by atoms with Gasteiger partial charge < -0.3 is 14.5 Å². The molecule has 1 aromatic carbocycles. The Labute approximate surface area is 154 Å². The van der Waals surface area contributed by atoms with Gasteiger partial charge in [0, 0.05) is 32.5 Å². The number of furan rings is 1. The minimum absolute atomic E-state index is 0.0945. The lowest BCUT2D eigenvalue weighted by Gasteiger charge is -2.46. The molecule has 26 heavy (non-hydrogen) atoms. The van der Waals surface area contributed by atoms with Crippen molar-refractivity contribution in [3.8, 4) is 5.75 Å². The van der Waals surface area contributed by atoms with Gasteiger partial charge in [0.1, 0.15) is 17.1 Å². The van der Waals surface area contributed by atoms with Crippen molar-refractivity contribution in [3.05, 3.63) is 54.0 Å². The number of piperidine rings is 1. The van der Waals surface area contributed by atoms with Gasteiger partial charge in [0.15, 0.2) is 0 Å². The number of benzene rings is 1. The van der Waals surface area contributed by atoms with Crippen LogP contribution in [0.15, 0.2) is 47.1 Å². The van der Waals surface area contributed by atoms with Crippen LogP contribution in [0.2, 0.25) is 0 Å². The Kier molecular flexibility index (Phi) is 4.72. The molecule has 0 bridgehead atoms. The van der Waals surface area contributed by atoms with Crippen molar-refractivity contribution >= 4 is 5.91 Å². The van der Waals surface area contributed by atoms with Gasteiger partial charge in [0.25, 0.3) is 0 Å². The molecule has 1 amide bonds. The van der Waals surface area contributed by atoms with Crippen LogP contribution >= 0.6 is 0 Å². The molecule has 0 saturated carbocycles. The third-order valence-corrected chi connectivity index (χ3v) is 5.74. The van der Waals surface area contributed by atoms with E-state index < -0.39 is 0 Å². The quantitative estimate of drug-likeness (QED) is 0.915. The van der Waals surface area contributed by atoms with Crippen LogP contribution in [0.5, 0.6) is 5.75 Å². The number of rotatable bonds is 4. The SMILES string of the molecule is CNC(=O)C[C@@H]1CC2(CCN(Cc3ccco3)CC2)Oc2ccccc21. The largest absolute Gasteiger partial charge is 0.487 e. The summed E-state index contributed by atoms with van der Waals surface area (Å²) >= 11 is 0. The van der Waals surface area contributed by atoms with E-state index in [2.05, 4.69) is 16.3 Å². The highest BCUT2D eigenvalue weighted by molar-refractivity contribution is 5.76. The van der Waals surface area contributed by atoms with Crippen molar-refractivity contribution in [2.45, 2.75) is 43.7 Å². The van der Waals surface area contributed by atoms with Gasteiger partial charge in [0.2, 0.25) is 5.91 Å². The third-order valence-electron chi connectivity index (χ3n) is 5.74. The van der Waals surface area contributed by atoms with E-state index in [9.17, 15) is 4.79 Å². The fraction of sp³-hybridized carbons (Fsp3) is 0.476. The Bertz CT molecular complexity index is 748. The zero-order chi connectivity index (χ0) is 18.0.